The molecule has 1 N–H and O–H groups in total. The molecular weight excluding hydrogens is 340 g/mol. The molecule has 1 saturated heterocycles. The van der Waals surface area contributed by atoms with Crippen LogP contribution in [0.2, 0.25) is 0 Å². The maximum atomic E-state index is 12.3. The number of hydrogen-bond donors (Lipinski definition) is 1. The summed E-state index contributed by atoms with van der Waals surface area (Å²) in [5.41, 5.74) is 1.21. The van der Waals surface area contributed by atoms with Crippen LogP contribution in [0.3, 0.4) is 0 Å². The van der Waals surface area contributed by atoms with Crippen molar-refractivity contribution < 1.29 is 4.79 Å². The van der Waals surface area contributed by atoms with Crippen LogP contribution in [0.15, 0.2) is 28.7 Å². The summed E-state index contributed by atoms with van der Waals surface area (Å²) in [6.07, 6.45) is 3.69. The second-order valence-corrected chi connectivity index (χ2v) is 5.99. The Kier molecular flexibility index (Phi) is 7.56. The third kappa shape index (κ3) is 4.76. The topological polar surface area (TPSA) is 32.3 Å². The molecule has 1 amide bonds. The van der Waals surface area contributed by atoms with Crippen molar-refractivity contribution in [2.45, 2.75) is 31.7 Å². The van der Waals surface area contributed by atoms with Gasteiger partial charge in [-0.2, -0.15) is 0 Å². The third-order valence-electron chi connectivity index (χ3n) is 3.65. The van der Waals surface area contributed by atoms with E-state index < -0.39 is 0 Å². The first kappa shape index (κ1) is 17.5. The summed E-state index contributed by atoms with van der Waals surface area (Å²) in [7, 11) is 1.95. The maximum absolute atomic E-state index is 12.3. The molecule has 1 aromatic rings. The zero-order valence-electron chi connectivity index (χ0n) is 11.8. The van der Waals surface area contributed by atoms with E-state index in [4.69, 9.17) is 0 Å². The smallest absolute Gasteiger partial charge is 0.223 e. The van der Waals surface area contributed by atoms with Crippen molar-refractivity contribution in [2.75, 3.05) is 20.1 Å². The summed E-state index contributed by atoms with van der Waals surface area (Å²) in [5.74, 6) is 0.290. The fourth-order valence-corrected chi connectivity index (χ4v) is 3.15. The molecule has 0 aliphatic carbocycles. The van der Waals surface area contributed by atoms with Gasteiger partial charge in [0.25, 0.3) is 0 Å². The predicted molar refractivity (Wildman–Crippen MR) is 88.4 cm³/mol. The molecule has 0 saturated carbocycles. The van der Waals surface area contributed by atoms with Gasteiger partial charge in [-0.3, -0.25) is 4.79 Å². The van der Waals surface area contributed by atoms with Gasteiger partial charge in [-0.1, -0.05) is 28.1 Å². The normalized spacial score (nSPS) is 17.9. The monoisotopic (exact) mass is 360 g/mol. The second kappa shape index (κ2) is 8.65. The van der Waals surface area contributed by atoms with Crippen LogP contribution < -0.4 is 5.32 Å². The van der Waals surface area contributed by atoms with Gasteiger partial charge >= 0.3 is 0 Å². The van der Waals surface area contributed by atoms with Gasteiger partial charge in [-0.15, -0.1) is 12.4 Å². The van der Waals surface area contributed by atoms with Gasteiger partial charge in [-0.05, 0) is 44.0 Å². The SMILES string of the molecule is CNCC1CCCN1C(=O)CCc1cccc(Br)c1.Cl. The fraction of sp³-hybridized carbons (Fsp3) is 0.533. The number of halogens is 2. The van der Waals surface area contributed by atoms with Gasteiger partial charge in [0.05, 0.1) is 0 Å². The molecule has 1 aliphatic heterocycles. The Labute approximate surface area is 135 Å². The molecular formula is C15H22BrClN2O. The quantitative estimate of drug-likeness (QED) is 0.874. The summed E-state index contributed by atoms with van der Waals surface area (Å²) < 4.78 is 1.08. The number of rotatable bonds is 5. The van der Waals surface area contributed by atoms with E-state index in [2.05, 4.69) is 38.3 Å². The Morgan fingerprint density at radius 1 is 1.50 bits per heavy atom. The lowest BCUT2D eigenvalue weighted by molar-refractivity contribution is -0.131. The van der Waals surface area contributed by atoms with Gasteiger partial charge in [0.1, 0.15) is 0 Å². The predicted octanol–water partition coefficient (Wildman–Crippen LogP) is 3.01. The lowest BCUT2D eigenvalue weighted by Crippen LogP contribution is -2.40. The summed E-state index contributed by atoms with van der Waals surface area (Å²) >= 11 is 3.46. The molecule has 3 nitrogen and oxygen atoms in total. The maximum Gasteiger partial charge on any atom is 0.223 e. The van der Waals surface area contributed by atoms with Gasteiger partial charge in [0.2, 0.25) is 5.91 Å². The Balaban J connectivity index is 0.00000200. The molecule has 1 aliphatic rings. The third-order valence-corrected chi connectivity index (χ3v) is 4.15. The molecule has 2 rings (SSSR count). The fourth-order valence-electron chi connectivity index (χ4n) is 2.70. The molecule has 1 unspecified atom stereocenters. The lowest BCUT2D eigenvalue weighted by Gasteiger charge is -2.24. The first-order valence-corrected chi connectivity index (χ1v) is 7.68. The number of amides is 1. The van der Waals surface area contributed by atoms with E-state index in [9.17, 15) is 4.79 Å². The summed E-state index contributed by atoms with van der Waals surface area (Å²) in [6.45, 7) is 1.83. The van der Waals surface area contributed by atoms with E-state index in [0.29, 0.717) is 12.5 Å². The van der Waals surface area contributed by atoms with E-state index >= 15 is 0 Å². The molecule has 5 heteroatoms. The van der Waals surface area contributed by atoms with E-state index in [0.717, 1.165) is 36.8 Å². The minimum atomic E-state index is 0. The molecule has 0 aromatic heterocycles. The Bertz CT molecular complexity index is 442. The summed E-state index contributed by atoms with van der Waals surface area (Å²) in [5, 5.41) is 3.18. The zero-order chi connectivity index (χ0) is 13.7. The van der Waals surface area contributed by atoms with Crippen LogP contribution in [0, 0.1) is 0 Å². The molecule has 20 heavy (non-hydrogen) atoms. The van der Waals surface area contributed by atoms with Crippen molar-refractivity contribution in [3.8, 4) is 0 Å². The van der Waals surface area contributed by atoms with Gasteiger partial charge in [0, 0.05) is 30.0 Å². The van der Waals surface area contributed by atoms with E-state index in [1.165, 1.54) is 5.56 Å². The van der Waals surface area contributed by atoms with Crippen LogP contribution in [-0.4, -0.2) is 37.0 Å². The number of carbonyl (C=O) groups excluding carboxylic acids is 1. The second-order valence-electron chi connectivity index (χ2n) is 5.07. The van der Waals surface area contributed by atoms with Crippen molar-refractivity contribution in [3.63, 3.8) is 0 Å². The average molecular weight is 362 g/mol. The highest BCUT2D eigenvalue weighted by Gasteiger charge is 2.27. The van der Waals surface area contributed by atoms with E-state index in [1.807, 2.05) is 19.2 Å². The first-order valence-electron chi connectivity index (χ1n) is 6.89. The first-order chi connectivity index (χ1) is 9.20. The average Bonchev–Trinajstić information content (AvgIpc) is 2.85. The highest BCUT2D eigenvalue weighted by atomic mass is 79.9. The standard InChI is InChI=1S/C15H21BrN2O.ClH/c1-17-11-14-6-3-9-18(14)15(19)8-7-12-4-2-5-13(16)10-12;/h2,4-5,10,14,17H,3,6-9,11H2,1H3;1H. The van der Waals surface area contributed by atoms with Crippen molar-refractivity contribution in [3.05, 3.63) is 34.3 Å². The van der Waals surface area contributed by atoms with Crippen molar-refractivity contribution >= 4 is 34.2 Å². The van der Waals surface area contributed by atoms with Crippen LogP contribution in [0.25, 0.3) is 0 Å². The number of benzene rings is 1. The van der Waals surface area contributed by atoms with Crippen LogP contribution in [0.5, 0.6) is 0 Å². The molecule has 1 aromatic carbocycles. The summed E-state index contributed by atoms with van der Waals surface area (Å²) in [4.78, 5) is 14.3. The van der Waals surface area contributed by atoms with Crippen LogP contribution in [0.4, 0.5) is 0 Å². The van der Waals surface area contributed by atoms with Crippen LogP contribution >= 0.6 is 28.3 Å². The van der Waals surface area contributed by atoms with Crippen molar-refractivity contribution in [1.29, 1.82) is 0 Å². The van der Waals surface area contributed by atoms with Gasteiger partial charge in [0.15, 0.2) is 0 Å². The van der Waals surface area contributed by atoms with Gasteiger partial charge < -0.3 is 10.2 Å². The number of nitrogens with one attached hydrogen (secondary N) is 1. The highest BCUT2D eigenvalue weighted by molar-refractivity contribution is 9.10. The zero-order valence-corrected chi connectivity index (χ0v) is 14.2. The highest BCUT2D eigenvalue weighted by Crippen LogP contribution is 2.19. The summed E-state index contributed by atoms with van der Waals surface area (Å²) in [6, 6.07) is 8.58. The number of likely N-dealkylation sites (N-methyl/N-ethyl adjacent to an activating group) is 1. The Morgan fingerprint density at radius 3 is 3.00 bits per heavy atom. The molecule has 0 bridgehead atoms. The van der Waals surface area contributed by atoms with E-state index in [1.54, 1.807) is 0 Å². The lowest BCUT2D eigenvalue weighted by atomic mass is 10.1. The minimum Gasteiger partial charge on any atom is -0.338 e. The van der Waals surface area contributed by atoms with Crippen LogP contribution in [-0.2, 0) is 11.2 Å². The van der Waals surface area contributed by atoms with E-state index in [-0.39, 0.29) is 18.3 Å². The number of nitrogens with zero attached hydrogens (tertiary/aromatic N) is 1. The molecule has 0 spiro atoms. The molecule has 1 fully saturated rings. The van der Waals surface area contributed by atoms with Crippen molar-refractivity contribution in [2.24, 2.45) is 0 Å². The van der Waals surface area contributed by atoms with Crippen molar-refractivity contribution in [1.82, 2.24) is 10.2 Å². The number of likely N-dealkylation sites (tertiary alicyclic amines) is 1. The molecule has 112 valence electrons. The molecule has 1 atom stereocenters. The molecule has 0 radical (unpaired) electrons. The molecule has 1 heterocycles. The number of aryl methyl sites for hydroxylation is 1. The number of hydrogen-bond acceptors (Lipinski definition) is 2. The Morgan fingerprint density at radius 2 is 2.30 bits per heavy atom. The number of carbonyl (C=O) groups is 1. The Hall–Kier alpha value is -0.580. The van der Waals surface area contributed by atoms with Crippen LogP contribution in [0.1, 0.15) is 24.8 Å². The van der Waals surface area contributed by atoms with Gasteiger partial charge in [-0.25, -0.2) is 0 Å². The minimum absolute atomic E-state index is 0. The largest absolute Gasteiger partial charge is 0.338 e.